The van der Waals surface area contributed by atoms with Crippen molar-refractivity contribution < 1.29 is 24.3 Å². The summed E-state index contributed by atoms with van der Waals surface area (Å²) in [5.41, 5.74) is -0.234. The number of carboxylic acid groups (broad SMARTS) is 1. The maximum atomic E-state index is 11.8. The second-order valence-corrected chi connectivity index (χ2v) is 4.29. The Morgan fingerprint density at radius 1 is 1.38 bits per heavy atom. The standard InChI is InChI=1S/C13H13N3O5/c1-7-14-11(21-16-7)6-5-10(17)15-9-4-2-3-8(12(9)18)13(19)20/h2-4,18H,5-6H2,1H3,(H,15,17)(H,19,20). The quantitative estimate of drug-likeness (QED) is 0.710. The van der Waals surface area contributed by atoms with Crippen LogP contribution < -0.4 is 5.32 Å². The number of hydrogen-bond donors (Lipinski definition) is 3. The van der Waals surface area contributed by atoms with Crippen molar-refractivity contribution in [2.75, 3.05) is 5.32 Å². The van der Waals surface area contributed by atoms with Crippen LogP contribution in [0.3, 0.4) is 0 Å². The lowest BCUT2D eigenvalue weighted by molar-refractivity contribution is -0.116. The van der Waals surface area contributed by atoms with Crippen LogP contribution in [0, 0.1) is 6.92 Å². The molecule has 0 fully saturated rings. The number of rotatable bonds is 5. The van der Waals surface area contributed by atoms with E-state index >= 15 is 0 Å². The van der Waals surface area contributed by atoms with E-state index in [4.69, 9.17) is 9.63 Å². The van der Waals surface area contributed by atoms with E-state index < -0.39 is 17.6 Å². The molecule has 2 aromatic rings. The zero-order chi connectivity index (χ0) is 15.4. The summed E-state index contributed by atoms with van der Waals surface area (Å²) in [6.45, 7) is 1.67. The van der Waals surface area contributed by atoms with Crippen molar-refractivity contribution in [3.8, 4) is 5.75 Å². The van der Waals surface area contributed by atoms with Crippen LogP contribution in [0.5, 0.6) is 5.75 Å². The molecule has 0 bridgehead atoms. The van der Waals surface area contributed by atoms with Gasteiger partial charge in [-0.2, -0.15) is 4.98 Å². The molecule has 1 aromatic carbocycles. The van der Waals surface area contributed by atoms with Gasteiger partial charge < -0.3 is 20.1 Å². The number of aromatic hydroxyl groups is 1. The highest BCUT2D eigenvalue weighted by Gasteiger charge is 2.15. The fraction of sp³-hybridized carbons (Fsp3) is 0.231. The fourth-order valence-corrected chi connectivity index (χ4v) is 1.69. The van der Waals surface area contributed by atoms with Gasteiger partial charge in [0.05, 0.1) is 5.69 Å². The predicted molar refractivity (Wildman–Crippen MR) is 71.1 cm³/mol. The predicted octanol–water partition coefficient (Wildman–Crippen LogP) is 1.35. The van der Waals surface area contributed by atoms with Crippen LogP contribution in [-0.4, -0.2) is 32.2 Å². The minimum absolute atomic E-state index is 0.0432. The van der Waals surface area contributed by atoms with E-state index in [-0.39, 0.29) is 24.1 Å². The number of carboxylic acids is 1. The zero-order valence-corrected chi connectivity index (χ0v) is 11.2. The van der Waals surface area contributed by atoms with Gasteiger partial charge >= 0.3 is 5.97 Å². The van der Waals surface area contributed by atoms with Gasteiger partial charge in [0.1, 0.15) is 5.56 Å². The maximum absolute atomic E-state index is 11.8. The van der Waals surface area contributed by atoms with Crippen LogP contribution in [-0.2, 0) is 11.2 Å². The third-order valence-electron chi connectivity index (χ3n) is 2.68. The van der Waals surface area contributed by atoms with Crippen molar-refractivity contribution in [2.45, 2.75) is 19.8 Å². The summed E-state index contributed by atoms with van der Waals surface area (Å²) in [5.74, 6) is -1.33. The van der Waals surface area contributed by atoms with E-state index in [1.165, 1.54) is 18.2 Å². The summed E-state index contributed by atoms with van der Waals surface area (Å²) in [6.07, 6.45) is 0.324. The SMILES string of the molecule is Cc1noc(CCC(=O)Nc2cccc(C(=O)O)c2O)n1. The average molecular weight is 291 g/mol. The Balaban J connectivity index is 1.99. The number of phenols is 1. The highest BCUT2D eigenvalue weighted by Crippen LogP contribution is 2.27. The monoisotopic (exact) mass is 291 g/mol. The molecule has 0 saturated heterocycles. The molecule has 0 aliphatic heterocycles. The Bertz CT molecular complexity index is 680. The molecule has 0 unspecified atom stereocenters. The van der Waals surface area contributed by atoms with Crippen molar-refractivity contribution in [1.29, 1.82) is 0 Å². The van der Waals surface area contributed by atoms with Crippen LogP contribution in [0.25, 0.3) is 0 Å². The van der Waals surface area contributed by atoms with E-state index in [1.807, 2.05) is 0 Å². The first-order chi connectivity index (χ1) is 9.97. The molecule has 3 N–H and O–H groups in total. The van der Waals surface area contributed by atoms with E-state index in [0.717, 1.165) is 0 Å². The maximum Gasteiger partial charge on any atom is 0.339 e. The van der Waals surface area contributed by atoms with Crippen LogP contribution in [0.15, 0.2) is 22.7 Å². The molecule has 0 spiro atoms. The summed E-state index contributed by atoms with van der Waals surface area (Å²) >= 11 is 0. The molecule has 1 aromatic heterocycles. The number of nitrogens with one attached hydrogen (secondary N) is 1. The number of aromatic carboxylic acids is 1. The molecule has 110 valence electrons. The van der Waals surface area contributed by atoms with Gasteiger partial charge in [-0.05, 0) is 19.1 Å². The third kappa shape index (κ3) is 3.56. The summed E-state index contributed by atoms with van der Waals surface area (Å²) in [7, 11) is 0. The Hall–Kier alpha value is -2.90. The van der Waals surface area contributed by atoms with Crippen molar-refractivity contribution in [3.05, 3.63) is 35.5 Å². The summed E-state index contributed by atoms with van der Waals surface area (Å²) in [4.78, 5) is 26.6. The number of para-hydroxylation sites is 1. The number of anilines is 1. The van der Waals surface area contributed by atoms with Crippen LogP contribution >= 0.6 is 0 Å². The van der Waals surface area contributed by atoms with Crippen molar-refractivity contribution in [2.24, 2.45) is 0 Å². The number of nitrogens with zero attached hydrogens (tertiary/aromatic N) is 2. The molecule has 0 aliphatic rings. The molecule has 21 heavy (non-hydrogen) atoms. The van der Waals surface area contributed by atoms with Gasteiger partial charge in [-0.1, -0.05) is 11.2 Å². The number of aromatic nitrogens is 2. The smallest absolute Gasteiger partial charge is 0.339 e. The van der Waals surface area contributed by atoms with Crippen molar-refractivity contribution in [1.82, 2.24) is 10.1 Å². The third-order valence-corrected chi connectivity index (χ3v) is 2.68. The number of aryl methyl sites for hydroxylation is 2. The summed E-state index contributed by atoms with van der Waals surface area (Å²) < 4.78 is 4.87. The molecule has 0 atom stereocenters. The Morgan fingerprint density at radius 2 is 2.14 bits per heavy atom. The molecular formula is C13H13N3O5. The Kier molecular flexibility index (Phi) is 4.17. The van der Waals surface area contributed by atoms with Gasteiger partial charge in [-0.15, -0.1) is 0 Å². The van der Waals surface area contributed by atoms with E-state index in [1.54, 1.807) is 6.92 Å². The summed E-state index contributed by atoms with van der Waals surface area (Å²) in [5, 5.41) is 24.7. The first-order valence-corrected chi connectivity index (χ1v) is 6.11. The van der Waals surface area contributed by atoms with E-state index in [9.17, 15) is 14.7 Å². The Morgan fingerprint density at radius 3 is 2.76 bits per heavy atom. The molecule has 8 nitrogen and oxygen atoms in total. The number of carbonyl (C=O) groups excluding carboxylic acids is 1. The van der Waals surface area contributed by atoms with E-state index in [0.29, 0.717) is 11.7 Å². The van der Waals surface area contributed by atoms with Gasteiger partial charge in [-0.3, -0.25) is 4.79 Å². The van der Waals surface area contributed by atoms with Crippen molar-refractivity contribution in [3.63, 3.8) is 0 Å². The second kappa shape index (κ2) is 6.04. The number of hydrogen-bond acceptors (Lipinski definition) is 6. The lowest BCUT2D eigenvalue weighted by Crippen LogP contribution is -2.13. The van der Waals surface area contributed by atoms with Gasteiger partial charge in [-0.25, -0.2) is 4.79 Å². The molecule has 0 aliphatic carbocycles. The number of benzene rings is 1. The summed E-state index contributed by atoms with van der Waals surface area (Å²) in [6, 6.07) is 4.09. The normalized spacial score (nSPS) is 10.3. The molecule has 1 amide bonds. The lowest BCUT2D eigenvalue weighted by Gasteiger charge is -2.08. The molecule has 2 rings (SSSR count). The Labute approximate surface area is 119 Å². The van der Waals surface area contributed by atoms with Crippen LogP contribution in [0.4, 0.5) is 5.69 Å². The fourth-order valence-electron chi connectivity index (χ4n) is 1.69. The minimum Gasteiger partial charge on any atom is -0.505 e. The largest absolute Gasteiger partial charge is 0.505 e. The van der Waals surface area contributed by atoms with Gasteiger partial charge in [0.2, 0.25) is 11.8 Å². The molecular weight excluding hydrogens is 278 g/mol. The highest BCUT2D eigenvalue weighted by atomic mass is 16.5. The first-order valence-electron chi connectivity index (χ1n) is 6.11. The van der Waals surface area contributed by atoms with E-state index in [2.05, 4.69) is 15.5 Å². The average Bonchev–Trinajstić information content (AvgIpc) is 2.84. The molecule has 0 saturated carbocycles. The first kappa shape index (κ1) is 14.5. The molecule has 1 heterocycles. The molecule has 8 heteroatoms. The number of carbonyl (C=O) groups is 2. The topological polar surface area (TPSA) is 126 Å². The van der Waals surface area contributed by atoms with Crippen molar-refractivity contribution >= 4 is 17.6 Å². The second-order valence-electron chi connectivity index (χ2n) is 4.29. The molecule has 0 radical (unpaired) electrons. The van der Waals surface area contributed by atoms with Crippen LogP contribution in [0.2, 0.25) is 0 Å². The highest BCUT2D eigenvalue weighted by molar-refractivity contribution is 5.97. The zero-order valence-electron chi connectivity index (χ0n) is 11.2. The van der Waals surface area contributed by atoms with Gasteiger partial charge in [0.25, 0.3) is 0 Å². The minimum atomic E-state index is -1.27. The van der Waals surface area contributed by atoms with Gasteiger partial charge in [0.15, 0.2) is 11.6 Å². The van der Waals surface area contributed by atoms with Crippen LogP contribution in [0.1, 0.15) is 28.5 Å². The number of amides is 1. The van der Waals surface area contributed by atoms with Gasteiger partial charge in [0, 0.05) is 12.8 Å². The lowest BCUT2D eigenvalue weighted by atomic mass is 10.1.